The topological polar surface area (TPSA) is 214 Å². The van der Waals surface area contributed by atoms with Crippen LogP contribution < -0.4 is 21.9 Å². The van der Waals surface area contributed by atoms with Crippen LogP contribution in [0.2, 0.25) is 0 Å². The summed E-state index contributed by atoms with van der Waals surface area (Å²) in [7, 11) is -4.88. The number of carbonyl (C=O) groups excluding carboxylic acids is 2. The summed E-state index contributed by atoms with van der Waals surface area (Å²) in [6.07, 6.45) is 7.42. The monoisotopic (exact) mass is 699 g/mol. The normalized spacial score (nSPS) is 20.2. The molecule has 15 nitrogen and oxygen atoms in total. The second-order valence-electron chi connectivity index (χ2n) is 13.1. The Morgan fingerprint density at radius 2 is 1.63 bits per heavy atom. The van der Waals surface area contributed by atoms with Gasteiger partial charge in [-0.15, -0.1) is 3.89 Å². The molecule has 3 aliphatic carbocycles. The van der Waals surface area contributed by atoms with E-state index in [1.165, 1.54) is 21.3 Å². The lowest BCUT2D eigenvalue weighted by atomic mass is 9.53. The third kappa shape index (κ3) is 7.57. The van der Waals surface area contributed by atoms with E-state index in [-0.39, 0.29) is 47.7 Å². The molecule has 2 aromatic heterocycles. The average Bonchev–Trinajstić information content (AvgIpc) is 3.56. The van der Waals surface area contributed by atoms with Crippen molar-refractivity contribution in [1.29, 1.82) is 0 Å². The molecule has 3 N–H and O–H groups in total. The molecule has 3 aromatic rings. The maximum absolute atomic E-state index is 13.6. The zero-order chi connectivity index (χ0) is 35.2. The molecule has 0 unspecified atom stereocenters. The van der Waals surface area contributed by atoms with Crippen molar-refractivity contribution in [1.82, 2.24) is 29.7 Å². The van der Waals surface area contributed by atoms with Gasteiger partial charge in [-0.25, -0.2) is 9.78 Å². The van der Waals surface area contributed by atoms with Crippen LogP contribution in [0.4, 0.5) is 3.89 Å². The fraction of sp³-hybridized carbons (Fsp3) is 0.594. The number of amides is 2. The largest absolute Gasteiger partial charge is 0.356 e. The first-order valence-corrected chi connectivity index (χ1v) is 18.2. The van der Waals surface area contributed by atoms with Gasteiger partial charge in [-0.05, 0) is 94.0 Å². The number of nitrogens with one attached hydrogen (secondary N) is 3. The lowest BCUT2D eigenvalue weighted by Crippen LogP contribution is -2.52. The van der Waals surface area contributed by atoms with Crippen molar-refractivity contribution in [3.63, 3.8) is 0 Å². The molecule has 0 atom stereocenters. The van der Waals surface area contributed by atoms with Crippen molar-refractivity contribution in [3.8, 4) is 0 Å². The molecular weight excluding hydrogens is 657 g/mol. The number of aromatic nitrogens is 4. The highest BCUT2D eigenvalue weighted by atomic mass is 32.3. The van der Waals surface area contributed by atoms with E-state index in [1.807, 2.05) is 6.92 Å². The van der Waals surface area contributed by atoms with Gasteiger partial charge in [0.2, 0.25) is 5.91 Å². The summed E-state index contributed by atoms with van der Waals surface area (Å²) in [5.74, 6) is 0.220. The van der Waals surface area contributed by atoms with Crippen molar-refractivity contribution >= 4 is 33.2 Å². The minimum absolute atomic E-state index is 0.0543. The van der Waals surface area contributed by atoms with Gasteiger partial charge in [0.05, 0.1) is 4.90 Å². The summed E-state index contributed by atoms with van der Waals surface area (Å²) in [4.78, 5) is 63.4. The first kappa shape index (κ1) is 35.8. The van der Waals surface area contributed by atoms with E-state index in [1.54, 1.807) is 0 Å². The van der Waals surface area contributed by atoms with Gasteiger partial charge in [-0.2, -0.15) is 8.42 Å². The molecule has 3 aliphatic rings. The average molecular weight is 700 g/mol. The molecule has 2 bridgehead atoms. The van der Waals surface area contributed by atoms with E-state index >= 15 is 0 Å². The predicted octanol–water partition coefficient (Wildman–Crippen LogP) is 3.96. The fourth-order valence-electron chi connectivity index (χ4n) is 7.07. The second-order valence-corrected chi connectivity index (χ2v) is 14.4. The number of fused-ring (bicyclic) bond motifs is 4. The summed E-state index contributed by atoms with van der Waals surface area (Å²) in [5, 5.41) is 9.32. The van der Waals surface area contributed by atoms with Crippen LogP contribution in [0.5, 0.6) is 0 Å². The van der Waals surface area contributed by atoms with Crippen LogP contribution in [-0.4, -0.2) is 59.0 Å². The highest BCUT2D eigenvalue weighted by Gasteiger charge is 2.54. The van der Waals surface area contributed by atoms with Gasteiger partial charge in [0.1, 0.15) is 11.3 Å². The van der Waals surface area contributed by atoms with Gasteiger partial charge in [-0.1, -0.05) is 18.5 Å². The maximum Gasteiger partial charge on any atom is 0.332 e. The van der Waals surface area contributed by atoms with Gasteiger partial charge >= 0.3 is 15.9 Å². The van der Waals surface area contributed by atoms with E-state index in [0.717, 1.165) is 44.2 Å². The first-order chi connectivity index (χ1) is 23.4. The molecule has 264 valence electrons. The SMILES string of the molecule is CCCCn1c(=O)c2[nH]c(C34CCC(C(=O)NCCCCN=[N+]=[N-])(CC3)CC4)nc2n(CCCNC(=O)c2ccc(S(=O)(=O)F)cc2)c1=O. The quantitative estimate of drug-likeness (QED) is 0.0657. The highest BCUT2D eigenvalue weighted by Crippen LogP contribution is 2.57. The molecule has 3 fully saturated rings. The number of nitrogens with zero attached hydrogens (tertiary/aromatic N) is 6. The molecule has 2 heterocycles. The summed E-state index contributed by atoms with van der Waals surface area (Å²) in [5.41, 5.74) is 7.41. The molecule has 0 radical (unpaired) electrons. The Bertz CT molecular complexity index is 1960. The number of H-pyrrole nitrogens is 1. The highest BCUT2D eigenvalue weighted by molar-refractivity contribution is 7.86. The molecule has 0 saturated heterocycles. The van der Waals surface area contributed by atoms with E-state index in [0.29, 0.717) is 57.4 Å². The Labute approximate surface area is 282 Å². The van der Waals surface area contributed by atoms with Crippen LogP contribution in [0.25, 0.3) is 21.6 Å². The summed E-state index contributed by atoms with van der Waals surface area (Å²) >= 11 is 0. The number of hydrogen-bond acceptors (Lipinski definition) is 8. The zero-order valence-electron chi connectivity index (χ0n) is 27.5. The lowest BCUT2D eigenvalue weighted by Gasteiger charge is -2.51. The maximum atomic E-state index is 13.6. The number of aryl methyl sites for hydroxylation is 1. The van der Waals surface area contributed by atoms with Crippen LogP contribution >= 0.6 is 0 Å². The Balaban J connectivity index is 1.30. The van der Waals surface area contributed by atoms with Gasteiger partial charge in [-0.3, -0.25) is 23.5 Å². The second kappa shape index (κ2) is 14.9. The number of carbonyl (C=O) groups is 2. The number of unbranched alkanes of at least 4 members (excludes halogenated alkanes) is 2. The van der Waals surface area contributed by atoms with Crippen LogP contribution in [-0.2, 0) is 33.5 Å². The molecule has 2 amide bonds. The molecule has 3 saturated carbocycles. The van der Waals surface area contributed by atoms with Crippen molar-refractivity contribution in [3.05, 3.63) is 66.9 Å². The van der Waals surface area contributed by atoms with E-state index < -0.39 is 37.7 Å². The van der Waals surface area contributed by atoms with E-state index in [2.05, 4.69) is 25.6 Å². The van der Waals surface area contributed by atoms with Gasteiger partial charge in [0.25, 0.3) is 11.5 Å². The summed E-state index contributed by atoms with van der Waals surface area (Å²) < 4.78 is 38.0. The summed E-state index contributed by atoms with van der Waals surface area (Å²) in [6.45, 7) is 3.51. The number of hydrogen-bond donors (Lipinski definition) is 3. The van der Waals surface area contributed by atoms with Crippen molar-refractivity contribution < 1.29 is 21.9 Å². The molecule has 17 heteroatoms. The van der Waals surface area contributed by atoms with Crippen molar-refractivity contribution in [2.45, 2.75) is 101 Å². The van der Waals surface area contributed by atoms with Gasteiger partial charge in [0, 0.05) is 54.0 Å². The van der Waals surface area contributed by atoms with Gasteiger partial charge in [0.15, 0.2) is 5.65 Å². The van der Waals surface area contributed by atoms with Crippen LogP contribution in [0.15, 0.2) is 43.9 Å². The number of imidazole rings is 1. The molecule has 49 heavy (non-hydrogen) atoms. The number of halogens is 1. The Kier molecular flexibility index (Phi) is 10.9. The number of benzene rings is 1. The number of rotatable bonds is 16. The molecule has 0 spiro atoms. The first-order valence-electron chi connectivity index (χ1n) is 16.8. The van der Waals surface area contributed by atoms with E-state index in [9.17, 15) is 31.5 Å². The van der Waals surface area contributed by atoms with Gasteiger partial charge < -0.3 is 15.6 Å². The predicted molar refractivity (Wildman–Crippen MR) is 179 cm³/mol. The Morgan fingerprint density at radius 3 is 2.27 bits per heavy atom. The molecule has 0 aliphatic heterocycles. The standard InChI is InChI=1S/C32H42FN9O6S/c1-2-3-20-42-27(44)24-25(41(30(42)46)21-6-18-35-26(43)22-7-9-23(10-8-22)49(33,47)48)39-28(38-24)31-11-14-32(15-12-31,16-13-31)29(45)36-17-4-5-19-37-40-34/h7-10H,2-6,11-21H2,1H3,(H,35,43)(H,36,45)(H,38,39). The van der Waals surface area contributed by atoms with Crippen molar-refractivity contribution in [2.24, 2.45) is 10.5 Å². The molecular formula is C32H42FN9O6S. The lowest BCUT2D eigenvalue weighted by molar-refractivity contribution is -0.138. The zero-order valence-corrected chi connectivity index (χ0v) is 28.4. The van der Waals surface area contributed by atoms with Crippen LogP contribution in [0.1, 0.15) is 93.7 Å². The van der Waals surface area contributed by atoms with Crippen molar-refractivity contribution in [2.75, 3.05) is 19.6 Å². The molecule has 6 rings (SSSR count). The third-order valence-corrected chi connectivity index (χ3v) is 10.9. The van der Waals surface area contributed by atoms with E-state index in [4.69, 9.17) is 10.5 Å². The Hall–Kier alpha value is -4.50. The molecule has 1 aromatic carbocycles. The number of aromatic amines is 1. The minimum atomic E-state index is -4.88. The fourth-order valence-corrected chi connectivity index (χ4v) is 7.53. The Morgan fingerprint density at radius 1 is 0.980 bits per heavy atom. The van der Waals surface area contributed by atoms with Crippen LogP contribution in [0.3, 0.4) is 0 Å². The number of azide groups is 1. The minimum Gasteiger partial charge on any atom is -0.356 e. The summed E-state index contributed by atoms with van der Waals surface area (Å²) in [6, 6.07) is 4.46. The smallest absolute Gasteiger partial charge is 0.332 e. The van der Waals surface area contributed by atoms with Crippen LogP contribution in [0, 0.1) is 5.41 Å². The third-order valence-electron chi connectivity index (χ3n) is 10.1.